The largest absolute Gasteiger partial charge is 0.353 e. The molecule has 3 N–H and O–H groups in total. The molecule has 1 fully saturated rings. The molecule has 2 rings (SSSR count). The fourth-order valence-corrected chi connectivity index (χ4v) is 2.43. The standard InChI is InChI=1S/C14H19FN2O/c1-9-6-10(2-5-13(9)15)7-14(18)17-12-4-3-11(16)8-12/h2,5-6,11-12H,3-4,7-8,16H2,1H3,(H,17,18). The monoisotopic (exact) mass is 250 g/mol. The molecule has 1 amide bonds. The lowest BCUT2D eigenvalue weighted by Gasteiger charge is -2.12. The summed E-state index contributed by atoms with van der Waals surface area (Å²) in [7, 11) is 0. The van der Waals surface area contributed by atoms with Gasteiger partial charge in [-0.15, -0.1) is 0 Å². The van der Waals surface area contributed by atoms with Gasteiger partial charge in [-0.3, -0.25) is 4.79 Å². The first-order chi connectivity index (χ1) is 8.54. The van der Waals surface area contributed by atoms with Crippen LogP contribution in [0.5, 0.6) is 0 Å². The third-order valence-electron chi connectivity index (χ3n) is 3.43. The van der Waals surface area contributed by atoms with E-state index in [1.807, 2.05) is 0 Å². The number of aryl methyl sites for hydroxylation is 1. The summed E-state index contributed by atoms with van der Waals surface area (Å²) in [5.41, 5.74) is 7.21. The summed E-state index contributed by atoms with van der Waals surface area (Å²) in [4.78, 5) is 11.8. The molecule has 0 bridgehead atoms. The zero-order chi connectivity index (χ0) is 13.1. The molecule has 1 aliphatic rings. The minimum atomic E-state index is -0.235. The second-order valence-corrected chi connectivity index (χ2v) is 5.10. The highest BCUT2D eigenvalue weighted by molar-refractivity contribution is 5.78. The zero-order valence-electron chi connectivity index (χ0n) is 10.6. The fourth-order valence-electron chi connectivity index (χ4n) is 2.43. The van der Waals surface area contributed by atoms with Crippen LogP contribution in [0.4, 0.5) is 4.39 Å². The molecule has 0 aromatic heterocycles. The molecule has 1 aromatic carbocycles. The van der Waals surface area contributed by atoms with Gasteiger partial charge in [0.25, 0.3) is 0 Å². The third-order valence-corrected chi connectivity index (χ3v) is 3.43. The molecule has 2 unspecified atom stereocenters. The summed E-state index contributed by atoms with van der Waals surface area (Å²) in [6.45, 7) is 1.70. The molecule has 1 aliphatic carbocycles. The van der Waals surface area contributed by atoms with Crippen molar-refractivity contribution in [2.45, 2.75) is 44.7 Å². The molecular formula is C14H19FN2O. The molecule has 0 spiro atoms. The first-order valence-electron chi connectivity index (χ1n) is 6.34. The number of hydrogen-bond donors (Lipinski definition) is 2. The maximum Gasteiger partial charge on any atom is 0.224 e. The molecule has 1 saturated carbocycles. The van der Waals surface area contributed by atoms with Gasteiger partial charge < -0.3 is 11.1 Å². The Morgan fingerprint density at radius 1 is 1.50 bits per heavy atom. The number of carbonyl (C=O) groups excluding carboxylic acids is 1. The van der Waals surface area contributed by atoms with Crippen LogP contribution >= 0.6 is 0 Å². The van der Waals surface area contributed by atoms with E-state index in [1.54, 1.807) is 19.1 Å². The predicted molar refractivity (Wildman–Crippen MR) is 68.6 cm³/mol. The second kappa shape index (κ2) is 5.48. The molecule has 0 radical (unpaired) electrons. The zero-order valence-corrected chi connectivity index (χ0v) is 10.6. The first-order valence-corrected chi connectivity index (χ1v) is 6.34. The van der Waals surface area contributed by atoms with E-state index in [0.29, 0.717) is 12.0 Å². The smallest absolute Gasteiger partial charge is 0.224 e. The number of nitrogens with one attached hydrogen (secondary N) is 1. The number of hydrogen-bond acceptors (Lipinski definition) is 2. The lowest BCUT2D eigenvalue weighted by Crippen LogP contribution is -2.35. The van der Waals surface area contributed by atoms with E-state index in [0.717, 1.165) is 24.8 Å². The minimum absolute atomic E-state index is 0.0138. The van der Waals surface area contributed by atoms with E-state index >= 15 is 0 Å². The van der Waals surface area contributed by atoms with Crippen LogP contribution < -0.4 is 11.1 Å². The summed E-state index contributed by atoms with van der Waals surface area (Å²) in [5, 5.41) is 2.98. The summed E-state index contributed by atoms with van der Waals surface area (Å²) in [6.07, 6.45) is 3.08. The van der Waals surface area contributed by atoms with Gasteiger partial charge in [0.1, 0.15) is 5.82 Å². The van der Waals surface area contributed by atoms with Crippen molar-refractivity contribution in [3.63, 3.8) is 0 Å². The summed E-state index contributed by atoms with van der Waals surface area (Å²) in [5.74, 6) is -0.249. The molecule has 4 heteroatoms. The van der Waals surface area contributed by atoms with Crippen LogP contribution in [0, 0.1) is 12.7 Å². The fraction of sp³-hybridized carbons (Fsp3) is 0.500. The van der Waals surface area contributed by atoms with Crippen molar-refractivity contribution in [1.29, 1.82) is 0 Å². The Hall–Kier alpha value is -1.42. The molecule has 0 aliphatic heterocycles. The van der Waals surface area contributed by atoms with Crippen molar-refractivity contribution in [3.8, 4) is 0 Å². The molecule has 0 saturated heterocycles. The van der Waals surface area contributed by atoms with E-state index in [-0.39, 0.29) is 23.8 Å². The molecule has 98 valence electrons. The minimum Gasteiger partial charge on any atom is -0.353 e. The average Bonchev–Trinajstić information content (AvgIpc) is 2.69. The number of nitrogens with two attached hydrogens (primary N) is 1. The molecule has 1 aromatic rings. The summed E-state index contributed by atoms with van der Waals surface area (Å²) < 4.78 is 13.1. The second-order valence-electron chi connectivity index (χ2n) is 5.10. The molecule has 3 nitrogen and oxygen atoms in total. The van der Waals surface area contributed by atoms with Crippen LogP contribution in [0.15, 0.2) is 18.2 Å². The van der Waals surface area contributed by atoms with Gasteiger partial charge in [0.15, 0.2) is 0 Å². The lowest BCUT2D eigenvalue weighted by molar-refractivity contribution is -0.121. The number of halogens is 1. The van der Waals surface area contributed by atoms with Gasteiger partial charge in [0.2, 0.25) is 5.91 Å². The highest BCUT2D eigenvalue weighted by Gasteiger charge is 2.22. The van der Waals surface area contributed by atoms with E-state index in [1.165, 1.54) is 6.07 Å². The van der Waals surface area contributed by atoms with Gasteiger partial charge in [-0.1, -0.05) is 12.1 Å². The first kappa shape index (κ1) is 13.0. The maximum atomic E-state index is 13.1. The molecule has 0 heterocycles. The Labute approximate surface area is 107 Å². The van der Waals surface area contributed by atoms with E-state index in [2.05, 4.69) is 5.32 Å². The van der Waals surface area contributed by atoms with Gasteiger partial charge >= 0.3 is 0 Å². The number of benzene rings is 1. The highest BCUT2D eigenvalue weighted by Crippen LogP contribution is 2.17. The van der Waals surface area contributed by atoms with Crippen LogP contribution in [0.25, 0.3) is 0 Å². The van der Waals surface area contributed by atoms with E-state index in [4.69, 9.17) is 5.73 Å². The van der Waals surface area contributed by atoms with Crippen molar-refractivity contribution in [1.82, 2.24) is 5.32 Å². The highest BCUT2D eigenvalue weighted by atomic mass is 19.1. The quantitative estimate of drug-likeness (QED) is 0.857. The van der Waals surface area contributed by atoms with Crippen molar-refractivity contribution in [3.05, 3.63) is 35.1 Å². The van der Waals surface area contributed by atoms with Gasteiger partial charge in [0.05, 0.1) is 6.42 Å². The van der Waals surface area contributed by atoms with Gasteiger partial charge in [-0.2, -0.15) is 0 Å². The Kier molecular flexibility index (Phi) is 3.97. The van der Waals surface area contributed by atoms with Crippen LogP contribution in [0.2, 0.25) is 0 Å². The summed E-state index contributed by atoms with van der Waals surface area (Å²) in [6, 6.07) is 5.19. The molecule has 2 atom stereocenters. The normalized spacial score (nSPS) is 23.1. The number of carbonyl (C=O) groups is 1. The number of rotatable bonds is 3. The summed E-state index contributed by atoms with van der Waals surface area (Å²) >= 11 is 0. The molecular weight excluding hydrogens is 231 g/mol. The van der Waals surface area contributed by atoms with Crippen molar-refractivity contribution in [2.24, 2.45) is 5.73 Å². The SMILES string of the molecule is Cc1cc(CC(=O)NC2CCC(N)C2)ccc1F. The maximum absolute atomic E-state index is 13.1. The number of amides is 1. The topological polar surface area (TPSA) is 55.1 Å². The van der Waals surface area contributed by atoms with Crippen LogP contribution in [-0.4, -0.2) is 18.0 Å². The van der Waals surface area contributed by atoms with Crippen LogP contribution in [-0.2, 0) is 11.2 Å². The van der Waals surface area contributed by atoms with E-state index in [9.17, 15) is 9.18 Å². The Morgan fingerprint density at radius 3 is 2.89 bits per heavy atom. The predicted octanol–water partition coefficient (Wildman–Crippen LogP) is 1.67. The van der Waals surface area contributed by atoms with E-state index < -0.39 is 0 Å². The third kappa shape index (κ3) is 3.29. The van der Waals surface area contributed by atoms with Gasteiger partial charge in [-0.05, 0) is 43.4 Å². The Morgan fingerprint density at radius 2 is 2.28 bits per heavy atom. The van der Waals surface area contributed by atoms with Crippen molar-refractivity contribution >= 4 is 5.91 Å². The molecule has 18 heavy (non-hydrogen) atoms. The Balaban J connectivity index is 1.89. The van der Waals surface area contributed by atoms with Crippen molar-refractivity contribution < 1.29 is 9.18 Å². The van der Waals surface area contributed by atoms with Crippen molar-refractivity contribution in [2.75, 3.05) is 0 Å². The van der Waals surface area contributed by atoms with Crippen LogP contribution in [0.3, 0.4) is 0 Å². The van der Waals surface area contributed by atoms with Gasteiger partial charge in [0, 0.05) is 12.1 Å². The lowest BCUT2D eigenvalue weighted by atomic mass is 10.1. The average molecular weight is 250 g/mol. The van der Waals surface area contributed by atoms with Crippen LogP contribution in [0.1, 0.15) is 30.4 Å². The van der Waals surface area contributed by atoms with Gasteiger partial charge in [-0.25, -0.2) is 4.39 Å². The Bertz CT molecular complexity index is 447.